The second-order valence-corrected chi connectivity index (χ2v) is 9.88. The van der Waals surface area contributed by atoms with Crippen LogP contribution in [0.15, 0.2) is 89.3 Å². The Morgan fingerprint density at radius 2 is 1.75 bits per heavy atom. The number of hydrogen-bond donors (Lipinski definition) is 2. The Morgan fingerprint density at radius 1 is 0.972 bits per heavy atom. The lowest BCUT2D eigenvalue weighted by atomic mass is 10.2. The quantitative estimate of drug-likeness (QED) is 0.300. The van der Waals surface area contributed by atoms with E-state index in [0.29, 0.717) is 27.9 Å². The first kappa shape index (κ1) is 25.1. The summed E-state index contributed by atoms with van der Waals surface area (Å²) in [6.45, 7) is 0. The molecule has 0 bridgehead atoms. The second kappa shape index (κ2) is 10.3. The molecule has 12 heteroatoms. The highest BCUT2D eigenvalue weighted by atomic mass is 32.2. The van der Waals surface area contributed by atoms with Crippen molar-refractivity contribution in [1.29, 1.82) is 0 Å². The van der Waals surface area contributed by atoms with Gasteiger partial charge in [-0.3, -0.25) is 9.52 Å². The maximum Gasteiger partial charge on any atom is 0.416 e. The van der Waals surface area contributed by atoms with E-state index >= 15 is 0 Å². The minimum atomic E-state index is -4.61. The molecular formula is C24H17F3N4O3S2. The molecule has 0 aliphatic carbocycles. The molecule has 7 nitrogen and oxygen atoms in total. The number of carbonyl (C=O) groups is 1. The van der Waals surface area contributed by atoms with Gasteiger partial charge in [0.05, 0.1) is 16.1 Å². The van der Waals surface area contributed by atoms with Gasteiger partial charge < -0.3 is 5.32 Å². The van der Waals surface area contributed by atoms with E-state index in [1.54, 1.807) is 29.8 Å². The van der Waals surface area contributed by atoms with E-state index in [-0.39, 0.29) is 10.6 Å². The molecule has 2 N–H and O–H groups in total. The van der Waals surface area contributed by atoms with E-state index in [4.69, 9.17) is 0 Å². The fourth-order valence-electron chi connectivity index (χ4n) is 3.17. The van der Waals surface area contributed by atoms with Crippen LogP contribution in [0.1, 0.15) is 11.1 Å². The molecule has 0 saturated carbocycles. The highest BCUT2D eigenvalue weighted by Gasteiger charge is 2.30. The zero-order chi connectivity index (χ0) is 25.8. The van der Waals surface area contributed by atoms with Crippen molar-refractivity contribution < 1.29 is 26.4 Å². The van der Waals surface area contributed by atoms with Crippen LogP contribution in [0.3, 0.4) is 0 Å². The standard InChI is InChI=1S/C24H17F3N4O3S2/c25-24(26,27)17-6-4-7-18(14-17)31-36(33,34)19-8-3-5-16(13-19)11-12-22(32)29-21-10-2-1-9-20(21)23-30-28-15-35-23/h1-15,31H,(H,29,32)/b12-11+. The number of alkyl halides is 3. The summed E-state index contributed by atoms with van der Waals surface area (Å²) < 4.78 is 66.4. The number of sulfonamides is 1. The van der Waals surface area contributed by atoms with Gasteiger partial charge >= 0.3 is 6.18 Å². The third kappa shape index (κ3) is 6.15. The molecule has 0 aliphatic heterocycles. The third-order valence-electron chi connectivity index (χ3n) is 4.81. The van der Waals surface area contributed by atoms with Crippen molar-refractivity contribution in [3.8, 4) is 10.6 Å². The predicted octanol–water partition coefficient (Wildman–Crippen LogP) is 5.68. The number of anilines is 2. The molecule has 0 saturated heterocycles. The second-order valence-electron chi connectivity index (χ2n) is 7.37. The Labute approximate surface area is 208 Å². The fourth-order valence-corrected chi connectivity index (χ4v) is 4.87. The van der Waals surface area contributed by atoms with Crippen molar-refractivity contribution in [2.24, 2.45) is 0 Å². The van der Waals surface area contributed by atoms with Crippen LogP contribution in [0, 0.1) is 0 Å². The Kier molecular flexibility index (Phi) is 7.17. The fraction of sp³-hybridized carbons (Fsp3) is 0.0417. The summed E-state index contributed by atoms with van der Waals surface area (Å²) >= 11 is 1.32. The predicted molar refractivity (Wildman–Crippen MR) is 132 cm³/mol. The van der Waals surface area contributed by atoms with Gasteiger partial charge in [0, 0.05) is 17.3 Å². The number of nitrogens with zero attached hydrogens (tertiary/aromatic N) is 2. The number of aromatic nitrogens is 2. The maximum atomic E-state index is 12.9. The first-order valence-corrected chi connectivity index (χ1v) is 12.6. The largest absolute Gasteiger partial charge is 0.416 e. The van der Waals surface area contributed by atoms with Crippen molar-refractivity contribution in [1.82, 2.24) is 10.2 Å². The molecule has 0 fully saturated rings. The van der Waals surface area contributed by atoms with Crippen LogP contribution in [-0.2, 0) is 21.0 Å². The van der Waals surface area contributed by atoms with E-state index in [1.165, 1.54) is 47.8 Å². The average molecular weight is 531 g/mol. The van der Waals surface area contributed by atoms with Crippen molar-refractivity contribution in [3.63, 3.8) is 0 Å². The molecule has 4 aromatic rings. The maximum absolute atomic E-state index is 12.9. The summed E-state index contributed by atoms with van der Waals surface area (Å²) in [7, 11) is -4.18. The summed E-state index contributed by atoms with van der Waals surface area (Å²) in [6, 6.07) is 16.6. The van der Waals surface area contributed by atoms with Crippen LogP contribution < -0.4 is 10.0 Å². The topological polar surface area (TPSA) is 101 Å². The van der Waals surface area contributed by atoms with Crippen molar-refractivity contribution in [2.75, 3.05) is 10.0 Å². The first-order chi connectivity index (χ1) is 17.1. The summed E-state index contributed by atoms with van der Waals surface area (Å²) in [5, 5.41) is 11.2. The molecule has 1 aromatic heterocycles. The lowest BCUT2D eigenvalue weighted by molar-refractivity contribution is -0.137. The van der Waals surface area contributed by atoms with Gasteiger partial charge in [-0.1, -0.05) is 41.7 Å². The van der Waals surface area contributed by atoms with Gasteiger partial charge in [-0.2, -0.15) is 13.2 Å². The van der Waals surface area contributed by atoms with Gasteiger partial charge in [0.15, 0.2) is 0 Å². The summed E-state index contributed by atoms with van der Waals surface area (Å²) in [5.41, 5.74) is 2.02. The number of hydrogen-bond acceptors (Lipinski definition) is 6. The van der Waals surface area contributed by atoms with Gasteiger partial charge in [0.25, 0.3) is 10.0 Å². The molecule has 0 atom stereocenters. The minimum Gasteiger partial charge on any atom is -0.322 e. The number of halogens is 3. The molecule has 3 aromatic carbocycles. The highest BCUT2D eigenvalue weighted by Crippen LogP contribution is 2.31. The Morgan fingerprint density at radius 3 is 2.50 bits per heavy atom. The third-order valence-corrected chi connectivity index (χ3v) is 6.92. The average Bonchev–Trinajstić information content (AvgIpc) is 3.38. The molecule has 36 heavy (non-hydrogen) atoms. The lowest BCUT2D eigenvalue weighted by Gasteiger charge is -2.11. The Balaban J connectivity index is 1.49. The monoisotopic (exact) mass is 530 g/mol. The van der Waals surface area contributed by atoms with Crippen LogP contribution in [0.4, 0.5) is 24.5 Å². The number of nitrogens with one attached hydrogen (secondary N) is 2. The molecule has 0 aliphatic rings. The number of rotatable bonds is 7. The molecule has 1 heterocycles. The van der Waals surface area contributed by atoms with Gasteiger partial charge in [0.2, 0.25) is 5.91 Å². The zero-order valence-electron chi connectivity index (χ0n) is 18.2. The molecule has 1 amide bonds. The van der Waals surface area contributed by atoms with Gasteiger partial charge in [-0.25, -0.2) is 8.42 Å². The smallest absolute Gasteiger partial charge is 0.322 e. The SMILES string of the molecule is O=C(/C=C/c1cccc(S(=O)(=O)Nc2cccc(C(F)(F)F)c2)c1)Nc1ccccc1-c1nncs1. The van der Waals surface area contributed by atoms with E-state index in [9.17, 15) is 26.4 Å². The van der Waals surface area contributed by atoms with E-state index in [1.807, 2.05) is 6.07 Å². The molecular weight excluding hydrogens is 513 g/mol. The van der Waals surface area contributed by atoms with Crippen LogP contribution in [0.25, 0.3) is 16.6 Å². The van der Waals surface area contributed by atoms with Crippen LogP contribution in [0.2, 0.25) is 0 Å². The number of amides is 1. The van der Waals surface area contributed by atoms with Gasteiger partial charge in [0.1, 0.15) is 10.5 Å². The van der Waals surface area contributed by atoms with Gasteiger partial charge in [-0.15, -0.1) is 10.2 Å². The zero-order valence-corrected chi connectivity index (χ0v) is 19.9. The summed E-state index contributed by atoms with van der Waals surface area (Å²) in [4.78, 5) is 12.3. The van der Waals surface area contributed by atoms with E-state index in [2.05, 4.69) is 20.2 Å². The van der Waals surface area contributed by atoms with Gasteiger partial charge in [-0.05, 0) is 54.1 Å². The van der Waals surface area contributed by atoms with Crippen LogP contribution >= 0.6 is 11.3 Å². The highest BCUT2D eigenvalue weighted by molar-refractivity contribution is 7.92. The van der Waals surface area contributed by atoms with Crippen molar-refractivity contribution >= 4 is 44.7 Å². The first-order valence-electron chi connectivity index (χ1n) is 10.3. The molecule has 0 radical (unpaired) electrons. The minimum absolute atomic E-state index is 0.177. The Bertz CT molecular complexity index is 1520. The lowest BCUT2D eigenvalue weighted by Crippen LogP contribution is -2.14. The van der Waals surface area contributed by atoms with Crippen LogP contribution in [0.5, 0.6) is 0 Å². The van der Waals surface area contributed by atoms with Crippen molar-refractivity contribution in [2.45, 2.75) is 11.1 Å². The summed E-state index contributed by atoms with van der Waals surface area (Å²) in [5.74, 6) is -0.456. The molecule has 184 valence electrons. The summed E-state index contributed by atoms with van der Waals surface area (Å²) in [6.07, 6.45) is -1.94. The van der Waals surface area contributed by atoms with E-state index in [0.717, 1.165) is 12.1 Å². The number of benzene rings is 3. The van der Waals surface area contributed by atoms with Crippen molar-refractivity contribution in [3.05, 3.63) is 95.5 Å². The molecule has 0 unspecified atom stereocenters. The molecule has 0 spiro atoms. The Hall–Kier alpha value is -4.03. The molecule has 4 rings (SSSR count). The van der Waals surface area contributed by atoms with E-state index < -0.39 is 27.7 Å². The van der Waals surface area contributed by atoms with Crippen LogP contribution in [-0.4, -0.2) is 24.5 Å². The normalized spacial score (nSPS) is 12.0. The number of carbonyl (C=O) groups excluding carboxylic acids is 1. The number of para-hydroxylation sites is 1.